The highest BCUT2D eigenvalue weighted by molar-refractivity contribution is 6.02. The predicted molar refractivity (Wildman–Crippen MR) is 101 cm³/mol. The number of rotatable bonds is 3. The van der Waals surface area contributed by atoms with Crippen molar-refractivity contribution in [3.8, 4) is 11.3 Å². The van der Waals surface area contributed by atoms with Crippen molar-refractivity contribution in [1.82, 2.24) is 30.0 Å². The van der Waals surface area contributed by atoms with Crippen molar-refractivity contribution < 1.29 is 4.79 Å². The Labute approximate surface area is 149 Å². The molecule has 4 rings (SSSR count). The van der Waals surface area contributed by atoms with Crippen LogP contribution >= 0.6 is 0 Å². The predicted octanol–water partition coefficient (Wildman–Crippen LogP) is 2.50. The van der Waals surface area contributed by atoms with E-state index in [0.29, 0.717) is 17.2 Å². The summed E-state index contributed by atoms with van der Waals surface area (Å²) in [7, 11) is 1.60. The van der Waals surface area contributed by atoms with E-state index in [4.69, 9.17) is 10.8 Å². The summed E-state index contributed by atoms with van der Waals surface area (Å²) < 4.78 is 1.84. The summed E-state index contributed by atoms with van der Waals surface area (Å²) in [4.78, 5) is 23.5. The number of nitrogens with zero attached hydrogens (tertiary/aromatic N) is 4. The SMILES string of the molecule is CNC(=O)c1cc2ccc(-c3nn(C(C)C)c4ncnc(N)c34)cc2[nH]1. The van der Waals surface area contributed by atoms with E-state index in [1.165, 1.54) is 6.33 Å². The molecule has 0 unspecified atom stereocenters. The van der Waals surface area contributed by atoms with Crippen molar-refractivity contribution in [3.05, 3.63) is 36.3 Å². The van der Waals surface area contributed by atoms with Crippen molar-refractivity contribution in [2.24, 2.45) is 0 Å². The van der Waals surface area contributed by atoms with Gasteiger partial charge >= 0.3 is 0 Å². The topological polar surface area (TPSA) is 115 Å². The standard InChI is InChI=1S/C18H19N7O/c1-9(2)25-17-14(16(19)21-8-22-17)15(24-25)11-5-4-10-6-13(18(26)20-3)23-12(10)7-11/h4-9,23H,1-3H3,(H,20,26)(H2,19,21,22). The van der Waals surface area contributed by atoms with Gasteiger partial charge in [0.25, 0.3) is 5.91 Å². The summed E-state index contributed by atoms with van der Waals surface area (Å²) in [5, 5.41) is 9.03. The summed E-state index contributed by atoms with van der Waals surface area (Å²) >= 11 is 0. The van der Waals surface area contributed by atoms with Gasteiger partial charge in [0.05, 0.1) is 5.39 Å². The van der Waals surface area contributed by atoms with Gasteiger partial charge in [0.2, 0.25) is 0 Å². The first-order chi connectivity index (χ1) is 12.5. The van der Waals surface area contributed by atoms with Gasteiger partial charge in [-0.3, -0.25) is 4.79 Å². The maximum absolute atomic E-state index is 11.8. The second-order valence-electron chi connectivity index (χ2n) is 6.41. The molecule has 8 nitrogen and oxygen atoms in total. The largest absolute Gasteiger partial charge is 0.383 e. The summed E-state index contributed by atoms with van der Waals surface area (Å²) in [5.41, 5.74) is 9.80. The molecule has 26 heavy (non-hydrogen) atoms. The number of benzene rings is 1. The number of carbonyl (C=O) groups excluding carboxylic acids is 1. The summed E-state index contributed by atoms with van der Waals surface area (Å²) in [6, 6.07) is 7.83. The Morgan fingerprint density at radius 2 is 2.08 bits per heavy atom. The van der Waals surface area contributed by atoms with Crippen LogP contribution in [0.3, 0.4) is 0 Å². The van der Waals surface area contributed by atoms with Crippen LogP contribution in [0, 0.1) is 0 Å². The Balaban J connectivity index is 1.94. The molecule has 8 heteroatoms. The van der Waals surface area contributed by atoms with Gasteiger partial charge in [-0.15, -0.1) is 0 Å². The molecule has 1 aromatic carbocycles. The molecule has 132 valence electrons. The van der Waals surface area contributed by atoms with Gasteiger partial charge in [-0.05, 0) is 26.0 Å². The molecule has 1 amide bonds. The Morgan fingerprint density at radius 3 is 2.81 bits per heavy atom. The molecule has 0 radical (unpaired) electrons. The average Bonchev–Trinajstić information content (AvgIpc) is 3.22. The van der Waals surface area contributed by atoms with Gasteiger partial charge in [0.15, 0.2) is 5.65 Å². The molecular formula is C18H19N7O. The molecule has 0 aliphatic heterocycles. The minimum atomic E-state index is -0.157. The normalized spacial score (nSPS) is 11.5. The van der Waals surface area contributed by atoms with Gasteiger partial charge in [0, 0.05) is 29.6 Å². The highest BCUT2D eigenvalue weighted by Gasteiger charge is 2.19. The van der Waals surface area contributed by atoms with Crippen molar-refractivity contribution >= 4 is 33.7 Å². The molecule has 0 atom stereocenters. The van der Waals surface area contributed by atoms with E-state index in [1.807, 2.05) is 42.8 Å². The number of hydrogen-bond acceptors (Lipinski definition) is 5. The zero-order chi connectivity index (χ0) is 18.4. The van der Waals surface area contributed by atoms with E-state index in [-0.39, 0.29) is 11.9 Å². The molecule has 3 aromatic heterocycles. The molecular weight excluding hydrogens is 330 g/mol. The summed E-state index contributed by atoms with van der Waals surface area (Å²) in [5.74, 6) is 0.240. The average molecular weight is 349 g/mol. The highest BCUT2D eigenvalue weighted by Crippen LogP contribution is 2.33. The van der Waals surface area contributed by atoms with Gasteiger partial charge in [-0.25, -0.2) is 14.6 Å². The molecule has 0 saturated heterocycles. The highest BCUT2D eigenvalue weighted by atomic mass is 16.1. The molecule has 4 aromatic rings. The third-order valence-corrected chi connectivity index (χ3v) is 4.37. The number of aromatic amines is 1. The lowest BCUT2D eigenvalue weighted by Crippen LogP contribution is -2.17. The molecule has 0 aliphatic carbocycles. The molecule has 4 N–H and O–H groups in total. The Hall–Kier alpha value is -3.42. The zero-order valence-corrected chi connectivity index (χ0v) is 14.7. The number of carbonyl (C=O) groups is 1. The molecule has 3 heterocycles. The maximum Gasteiger partial charge on any atom is 0.267 e. The van der Waals surface area contributed by atoms with Crippen LogP contribution in [-0.2, 0) is 0 Å². The fraction of sp³-hybridized carbons (Fsp3) is 0.222. The number of aromatic nitrogens is 5. The van der Waals surface area contributed by atoms with Crippen LogP contribution in [-0.4, -0.2) is 37.7 Å². The van der Waals surface area contributed by atoms with Crippen LogP contribution in [0.1, 0.15) is 30.4 Å². The molecule has 0 saturated carbocycles. The first kappa shape index (κ1) is 16.1. The molecule has 0 fully saturated rings. The number of nitrogens with two attached hydrogens (primary N) is 1. The first-order valence-electron chi connectivity index (χ1n) is 8.33. The second kappa shape index (κ2) is 5.83. The Bertz CT molecular complexity index is 1140. The zero-order valence-electron chi connectivity index (χ0n) is 14.7. The summed E-state index contributed by atoms with van der Waals surface area (Å²) in [6.45, 7) is 4.08. The van der Waals surface area contributed by atoms with Crippen molar-refractivity contribution in [1.29, 1.82) is 0 Å². The van der Waals surface area contributed by atoms with Gasteiger partial charge in [-0.1, -0.05) is 12.1 Å². The lowest BCUT2D eigenvalue weighted by Gasteiger charge is -2.05. The molecule has 0 aliphatic rings. The Kier molecular flexibility index (Phi) is 3.61. The van der Waals surface area contributed by atoms with Crippen LogP contribution in [0.15, 0.2) is 30.6 Å². The van der Waals surface area contributed by atoms with E-state index in [9.17, 15) is 4.79 Å². The van der Waals surface area contributed by atoms with Gasteiger partial charge in [-0.2, -0.15) is 5.10 Å². The quantitative estimate of drug-likeness (QED) is 0.526. The van der Waals surface area contributed by atoms with E-state index >= 15 is 0 Å². The van der Waals surface area contributed by atoms with E-state index in [2.05, 4.69) is 20.3 Å². The van der Waals surface area contributed by atoms with Gasteiger partial charge in [0.1, 0.15) is 23.5 Å². The number of fused-ring (bicyclic) bond motifs is 2. The summed E-state index contributed by atoms with van der Waals surface area (Å²) in [6.07, 6.45) is 1.45. The first-order valence-corrected chi connectivity index (χ1v) is 8.33. The lowest BCUT2D eigenvalue weighted by atomic mass is 10.1. The van der Waals surface area contributed by atoms with Crippen molar-refractivity contribution in [2.45, 2.75) is 19.9 Å². The number of anilines is 1. The number of hydrogen-bond donors (Lipinski definition) is 3. The van der Waals surface area contributed by atoms with Crippen LogP contribution in [0.25, 0.3) is 33.2 Å². The van der Waals surface area contributed by atoms with Crippen LogP contribution < -0.4 is 11.1 Å². The number of nitrogens with one attached hydrogen (secondary N) is 2. The fourth-order valence-electron chi connectivity index (χ4n) is 3.09. The smallest absolute Gasteiger partial charge is 0.267 e. The third kappa shape index (κ3) is 2.38. The van der Waals surface area contributed by atoms with Crippen molar-refractivity contribution in [3.63, 3.8) is 0 Å². The monoisotopic (exact) mass is 349 g/mol. The van der Waals surface area contributed by atoms with Crippen LogP contribution in [0.2, 0.25) is 0 Å². The van der Waals surface area contributed by atoms with E-state index in [1.54, 1.807) is 7.05 Å². The fourth-order valence-corrected chi connectivity index (χ4v) is 3.09. The molecule has 0 bridgehead atoms. The van der Waals surface area contributed by atoms with Gasteiger partial charge < -0.3 is 16.0 Å². The number of amides is 1. The van der Waals surface area contributed by atoms with E-state index in [0.717, 1.165) is 27.5 Å². The van der Waals surface area contributed by atoms with Crippen LogP contribution in [0.4, 0.5) is 5.82 Å². The van der Waals surface area contributed by atoms with E-state index < -0.39 is 0 Å². The number of nitrogen functional groups attached to an aromatic ring is 1. The van der Waals surface area contributed by atoms with Crippen LogP contribution in [0.5, 0.6) is 0 Å². The number of H-pyrrole nitrogens is 1. The minimum Gasteiger partial charge on any atom is -0.383 e. The minimum absolute atomic E-state index is 0.134. The third-order valence-electron chi connectivity index (χ3n) is 4.37. The van der Waals surface area contributed by atoms with Crippen molar-refractivity contribution in [2.75, 3.05) is 12.8 Å². The maximum atomic E-state index is 11.8. The lowest BCUT2D eigenvalue weighted by molar-refractivity contribution is 0.0959. The second-order valence-corrected chi connectivity index (χ2v) is 6.41. The molecule has 0 spiro atoms. The Morgan fingerprint density at radius 1 is 1.27 bits per heavy atom.